The van der Waals surface area contributed by atoms with Gasteiger partial charge in [0.2, 0.25) is 5.91 Å². The fourth-order valence-corrected chi connectivity index (χ4v) is 3.76. The van der Waals surface area contributed by atoms with Crippen LogP contribution in [0.1, 0.15) is 39.0 Å². The Labute approximate surface area is 156 Å². The molecular weight excluding hydrogens is 326 g/mol. The lowest BCUT2D eigenvalue weighted by Crippen LogP contribution is -2.38. The van der Waals surface area contributed by atoms with Crippen LogP contribution in [0.25, 0.3) is 0 Å². The Hall–Kier alpha value is -2.13. The number of anilines is 2. The molecule has 0 radical (unpaired) electrons. The van der Waals surface area contributed by atoms with Crippen LogP contribution >= 0.6 is 0 Å². The second kappa shape index (κ2) is 9.00. The van der Waals surface area contributed by atoms with Gasteiger partial charge in [0.1, 0.15) is 5.82 Å². The third-order valence-electron chi connectivity index (χ3n) is 5.62. The minimum Gasteiger partial charge on any atom is -0.357 e. The van der Waals surface area contributed by atoms with E-state index in [9.17, 15) is 4.79 Å². The highest BCUT2D eigenvalue weighted by molar-refractivity contribution is 5.92. The summed E-state index contributed by atoms with van der Waals surface area (Å²) in [4.78, 5) is 21.6. The van der Waals surface area contributed by atoms with E-state index in [4.69, 9.17) is 5.26 Å². The smallest absolute Gasteiger partial charge is 0.227 e. The van der Waals surface area contributed by atoms with Gasteiger partial charge in [0.15, 0.2) is 0 Å². The minimum absolute atomic E-state index is 0.0524. The van der Waals surface area contributed by atoms with Crippen LogP contribution in [0, 0.1) is 23.2 Å². The maximum absolute atomic E-state index is 12.5. The van der Waals surface area contributed by atoms with E-state index in [0.717, 1.165) is 63.0 Å². The number of nitriles is 1. The molecule has 0 aliphatic carbocycles. The number of amides is 1. The molecule has 0 atom stereocenters. The number of hydrogen-bond acceptors (Lipinski definition) is 5. The van der Waals surface area contributed by atoms with E-state index in [0.29, 0.717) is 6.42 Å². The predicted octanol–water partition coefficient (Wildman–Crippen LogP) is 2.88. The minimum atomic E-state index is 0.0524. The summed E-state index contributed by atoms with van der Waals surface area (Å²) in [7, 11) is 0. The van der Waals surface area contributed by atoms with Crippen molar-refractivity contribution < 1.29 is 4.79 Å². The molecule has 0 saturated carbocycles. The Morgan fingerprint density at radius 2 is 1.96 bits per heavy atom. The first-order chi connectivity index (χ1) is 12.7. The van der Waals surface area contributed by atoms with E-state index in [-0.39, 0.29) is 11.8 Å². The number of carbonyl (C=O) groups excluding carboxylic acids is 1. The fraction of sp³-hybridized carbons (Fsp3) is 0.650. The molecule has 3 rings (SSSR count). The van der Waals surface area contributed by atoms with E-state index in [1.165, 1.54) is 12.8 Å². The molecule has 140 valence electrons. The number of rotatable bonds is 5. The maximum Gasteiger partial charge on any atom is 0.227 e. The number of piperidine rings is 2. The van der Waals surface area contributed by atoms with Crippen molar-refractivity contribution in [2.24, 2.45) is 11.8 Å². The Balaban J connectivity index is 1.47. The lowest BCUT2D eigenvalue weighted by atomic mass is 9.95. The molecular formula is C20H29N5O. The first-order valence-corrected chi connectivity index (χ1v) is 9.77. The van der Waals surface area contributed by atoms with Crippen LogP contribution in [0.15, 0.2) is 18.3 Å². The number of carbonyl (C=O) groups is 1. The van der Waals surface area contributed by atoms with Gasteiger partial charge in [-0.1, -0.05) is 6.92 Å². The van der Waals surface area contributed by atoms with Crippen LogP contribution in [0.3, 0.4) is 0 Å². The van der Waals surface area contributed by atoms with Gasteiger partial charge < -0.3 is 15.1 Å². The summed E-state index contributed by atoms with van der Waals surface area (Å²) in [5, 5.41) is 11.7. The summed E-state index contributed by atoms with van der Waals surface area (Å²) >= 11 is 0. The highest BCUT2D eigenvalue weighted by atomic mass is 16.1. The van der Waals surface area contributed by atoms with Crippen molar-refractivity contribution in [1.29, 1.82) is 5.26 Å². The van der Waals surface area contributed by atoms with Gasteiger partial charge in [-0.25, -0.2) is 4.98 Å². The number of likely N-dealkylation sites (tertiary alicyclic amines) is 1. The van der Waals surface area contributed by atoms with E-state index in [2.05, 4.69) is 33.1 Å². The Kier molecular flexibility index (Phi) is 6.45. The maximum atomic E-state index is 12.5. The molecule has 2 saturated heterocycles. The van der Waals surface area contributed by atoms with Crippen LogP contribution in [0.4, 0.5) is 11.5 Å². The van der Waals surface area contributed by atoms with Gasteiger partial charge in [-0.05, 0) is 56.8 Å². The number of nitrogens with zero attached hydrogens (tertiary/aromatic N) is 4. The summed E-state index contributed by atoms with van der Waals surface area (Å²) in [5.74, 6) is 1.94. The zero-order chi connectivity index (χ0) is 18.4. The molecule has 26 heavy (non-hydrogen) atoms. The van der Waals surface area contributed by atoms with E-state index >= 15 is 0 Å². The number of aromatic nitrogens is 1. The highest BCUT2D eigenvalue weighted by Crippen LogP contribution is 2.23. The zero-order valence-corrected chi connectivity index (χ0v) is 15.7. The van der Waals surface area contributed by atoms with Crippen LogP contribution in [-0.4, -0.2) is 48.5 Å². The molecule has 1 aromatic heterocycles. The third-order valence-corrected chi connectivity index (χ3v) is 5.62. The lowest BCUT2D eigenvalue weighted by Gasteiger charge is -2.31. The molecule has 6 heteroatoms. The average Bonchev–Trinajstić information content (AvgIpc) is 2.68. The Morgan fingerprint density at radius 1 is 1.23 bits per heavy atom. The predicted molar refractivity (Wildman–Crippen MR) is 103 cm³/mol. The van der Waals surface area contributed by atoms with Crippen molar-refractivity contribution in [3.63, 3.8) is 0 Å². The fourth-order valence-electron chi connectivity index (χ4n) is 3.76. The van der Waals surface area contributed by atoms with Gasteiger partial charge in [-0.15, -0.1) is 0 Å². The van der Waals surface area contributed by atoms with Crippen LogP contribution < -0.4 is 10.2 Å². The van der Waals surface area contributed by atoms with Crippen LogP contribution in [0.5, 0.6) is 0 Å². The molecule has 2 fully saturated rings. The van der Waals surface area contributed by atoms with E-state index < -0.39 is 0 Å². The molecule has 2 aliphatic heterocycles. The van der Waals surface area contributed by atoms with Gasteiger partial charge in [-0.3, -0.25) is 4.79 Å². The topological polar surface area (TPSA) is 72.3 Å². The van der Waals surface area contributed by atoms with Gasteiger partial charge in [0.05, 0.1) is 18.0 Å². The van der Waals surface area contributed by atoms with Crippen molar-refractivity contribution >= 4 is 17.4 Å². The highest BCUT2D eigenvalue weighted by Gasteiger charge is 2.25. The van der Waals surface area contributed by atoms with E-state index in [1.54, 1.807) is 6.20 Å². The number of hydrogen-bond donors (Lipinski definition) is 1. The molecule has 0 aromatic carbocycles. The second-order valence-corrected chi connectivity index (χ2v) is 7.59. The molecule has 0 spiro atoms. The summed E-state index contributed by atoms with van der Waals surface area (Å²) in [6, 6.07) is 6.15. The normalized spacial score (nSPS) is 19.9. The molecule has 3 heterocycles. The first-order valence-electron chi connectivity index (χ1n) is 9.77. The zero-order valence-electron chi connectivity index (χ0n) is 15.7. The summed E-state index contributed by atoms with van der Waals surface area (Å²) in [6.07, 6.45) is 6.47. The van der Waals surface area contributed by atoms with Crippen molar-refractivity contribution in [2.45, 2.75) is 39.0 Å². The lowest BCUT2D eigenvalue weighted by molar-refractivity contribution is -0.121. The molecule has 1 aromatic rings. The summed E-state index contributed by atoms with van der Waals surface area (Å²) in [5.41, 5.74) is 0.774. The van der Waals surface area contributed by atoms with Crippen LogP contribution in [0.2, 0.25) is 0 Å². The quantitative estimate of drug-likeness (QED) is 0.879. The molecule has 6 nitrogen and oxygen atoms in total. The summed E-state index contributed by atoms with van der Waals surface area (Å²) in [6.45, 7) is 7.02. The molecule has 1 amide bonds. The first kappa shape index (κ1) is 18.7. The van der Waals surface area contributed by atoms with Crippen molar-refractivity contribution in [1.82, 2.24) is 9.88 Å². The molecule has 0 bridgehead atoms. The van der Waals surface area contributed by atoms with Gasteiger partial charge in [0.25, 0.3) is 0 Å². The number of nitrogens with one attached hydrogen (secondary N) is 1. The van der Waals surface area contributed by atoms with Gasteiger partial charge in [0, 0.05) is 32.0 Å². The van der Waals surface area contributed by atoms with Crippen molar-refractivity contribution in [3.8, 4) is 6.07 Å². The van der Waals surface area contributed by atoms with Crippen LogP contribution in [-0.2, 0) is 4.79 Å². The second-order valence-electron chi connectivity index (χ2n) is 7.59. The Morgan fingerprint density at radius 3 is 2.58 bits per heavy atom. The van der Waals surface area contributed by atoms with Crippen molar-refractivity contribution in [3.05, 3.63) is 18.3 Å². The van der Waals surface area contributed by atoms with Crippen molar-refractivity contribution in [2.75, 3.05) is 42.9 Å². The molecule has 0 unspecified atom stereocenters. The standard InChI is InChI=1S/C20H29N5O/c1-16-5-13-25(14-6-16)19-4-3-18(15-22-19)23-20(26)17-7-11-24(12-8-17)10-2-9-21/h3-4,15-17H,2,5-8,10-14H2,1H3,(H,23,26). The third kappa shape index (κ3) is 4.95. The van der Waals surface area contributed by atoms with Gasteiger partial charge >= 0.3 is 0 Å². The monoisotopic (exact) mass is 355 g/mol. The SMILES string of the molecule is CC1CCN(c2ccc(NC(=O)C3CCN(CCC#N)CC3)cn2)CC1. The summed E-state index contributed by atoms with van der Waals surface area (Å²) < 4.78 is 0. The number of pyridine rings is 1. The molecule has 2 aliphatic rings. The van der Waals surface area contributed by atoms with E-state index in [1.807, 2.05) is 12.1 Å². The van der Waals surface area contributed by atoms with Gasteiger partial charge in [-0.2, -0.15) is 5.26 Å². The largest absolute Gasteiger partial charge is 0.357 e. The molecule has 1 N–H and O–H groups in total. The average molecular weight is 355 g/mol. The Bertz CT molecular complexity index is 623.